The number of methoxy groups -OCH3 is 1. The highest BCUT2D eigenvalue weighted by atomic mass is 16.5. The molecule has 1 aliphatic rings. The van der Waals surface area contributed by atoms with Gasteiger partial charge in [-0.25, -0.2) is 0 Å². The number of nitrogens with one attached hydrogen (secondary N) is 1. The first-order valence-electron chi connectivity index (χ1n) is 7.36. The van der Waals surface area contributed by atoms with Crippen molar-refractivity contribution in [3.8, 4) is 11.8 Å². The van der Waals surface area contributed by atoms with Gasteiger partial charge >= 0.3 is 0 Å². The number of hydrogen-bond donors (Lipinski definition) is 1. The van der Waals surface area contributed by atoms with Gasteiger partial charge in [0.15, 0.2) is 0 Å². The third kappa shape index (κ3) is 4.00. The Hall–Kier alpha value is -0.520. The van der Waals surface area contributed by atoms with Crippen LogP contribution >= 0.6 is 0 Å². The van der Waals surface area contributed by atoms with Crippen LogP contribution in [-0.2, 0) is 4.74 Å². The lowest BCUT2D eigenvalue weighted by atomic mass is 9.74. The molecule has 0 aliphatic heterocycles. The molecule has 0 radical (unpaired) electrons. The van der Waals surface area contributed by atoms with E-state index in [1.165, 1.54) is 12.8 Å². The molecule has 0 heterocycles. The average molecular weight is 251 g/mol. The van der Waals surface area contributed by atoms with Gasteiger partial charge in [0, 0.05) is 19.6 Å². The van der Waals surface area contributed by atoms with E-state index in [0.29, 0.717) is 6.04 Å². The summed E-state index contributed by atoms with van der Waals surface area (Å²) in [5.41, 5.74) is 0.00549. The van der Waals surface area contributed by atoms with Gasteiger partial charge in [-0.1, -0.05) is 13.8 Å². The molecule has 1 atom stereocenters. The van der Waals surface area contributed by atoms with E-state index < -0.39 is 0 Å². The maximum Gasteiger partial charge on any atom is 0.0840 e. The summed E-state index contributed by atoms with van der Waals surface area (Å²) in [7, 11) is 1.87. The summed E-state index contributed by atoms with van der Waals surface area (Å²) in [5.74, 6) is 7.10. The summed E-state index contributed by atoms with van der Waals surface area (Å²) in [6, 6.07) is 0.377. The molecule has 0 saturated heterocycles. The minimum atomic E-state index is 0.00549. The van der Waals surface area contributed by atoms with Crippen LogP contribution in [-0.4, -0.2) is 25.3 Å². The second kappa shape index (κ2) is 7.81. The van der Waals surface area contributed by atoms with Crippen molar-refractivity contribution in [1.29, 1.82) is 0 Å². The highest BCUT2D eigenvalue weighted by Gasteiger charge is 2.40. The van der Waals surface area contributed by atoms with Crippen LogP contribution in [0.3, 0.4) is 0 Å². The van der Waals surface area contributed by atoms with Gasteiger partial charge in [0.25, 0.3) is 0 Å². The maximum atomic E-state index is 5.95. The summed E-state index contributed by atoms with van der Waals surface area (Å²) in [4.78, 5) is 0. The normalized spacial score (nSPS) is 29.4. The van der Waals surface area contributed by atoms with Gasteiger partial charge < -0.3 is 10.1 Å². The van der Waals surface area contributed by atoms with E-state index in [9.17, 15) is 0 Å². The molecule has 0 bridgehead atoms. The molecule has 1 rings (SSSR count). The zero-order valence-corrected chi connectivity index (χ0v) is 12.5. The zero-order chi connectivity index (χ0) is 13.4. The van der Waals surface area contributed by atoms with E-state index in [-0.39, 0.29) is 5.60 Å². The summed E-state index contributed by atoms with van der Waals surface area (Å²) < 4.78 is 5.95. The summed E-state index contributed by atoms with van der Waals surface area (Å²) in [6.45, 7) is 7.52. The van der Waals surface area contributed by atoms with Gasteiger partial charge in [0.1, 0.15) is 0 Å². The summed E-state index contributed by atoms with van der Waals surface area (Å²) in [6.07, 6.45) is 6.94. The Kier molecular flexibility index (Phi) is 6.75. The molecule has 104 valence electrons. The van der Waals surface area contributed by atoms with Crippen molar-refractivity contribution in [2.45, 2.75) is 70.9 Å². The molecule has 1 saturated carbocycles. The fourth-order valence-electron chi connectivity index (χ4n) is 2.91. The molecule has 1 N–H and O–H groups in total. The Bertz CT molecular complexity index is 281. The van der Waals surface area contributed by atoms with E-state index in [2.05, 4.69) is 31.0 Å². The van der Waals surface area contributed by atoms with Gasteiger partial charge in [0.05, 0.1) is 5.60 Å². The van der Waals surface area contributed by atoms with Gasteiger partial charge in [-0.2, -0.15) is 0 Å². The molecule has 1 fully saturated rings. The molecule has 2 heteroatoms. The second-order valence-corrected chi connectivity index (χ2v) is 5.59. The topological polar surface area (TPSA) is 21.3 Å². The molecular formula is C16H29NO. The van der Waals surface area contributed by atoms with Crippen molar-refractivity contribution in [3.63, 3.8) is 0 Å². The molecule has 0 spiro atoms. The smallest absolute Gasteiger partial charge is 0.0840 e. The first-order chi connectivity index (χ1) is 8.68. The highest BCUT2D eigenvalue weighted by Crippen LogP contribution is 2.37. The first kappa shape index (κ1) is 15.5. The molecule has 18 heavy (non-hydrogen) atoms. The minimum absolute atomic E-state index is 0.00549. The molecule has 1 unspecified atom stereocenters. The average Bonchev–Trinajstić information content (AvgIpc) is 2.41. The fraction of sp³-hybridized carbons (Fsp3) is 0.875. The van der Waals surface area contributed by atoms with E-state index >= 15 is 0 Å². The van der Waals surface area contributed by atoms with Crippen molar-refractivity contribution in [2.75, 3.05) is 13.7 Å². The third-order valence-electron chi connectivity index (χ3n) is 4.29. The van der Waals surface area contributed by atoms with Gasteiger partial charge in [0.2, 0.25) is 0 Å². The lowest BCUT2D eigenvalue weighted by Crippen LogP contribution is -2.53. The molecule has 0 amide bonds. The molecular weight excluding hydrogens is 222 g/mol. The maximum absolute atomic E-state index is 5.95. The molecule has 2 nitrogen and oxygen atoms in total. The standard InChI is InChI=1S/C16H29NO/c1-5-7-8-15(17-13-6-2)16(18-4)11-9-14(3)10-12-16/h14-15,17H,6,8-13H2,1-4H3. The quantitative estimate of drug-likeness (QED) is 0.731. The van der Waals surface area contributed by atoms with Crippen molar-refractivity contribution in [1.82, 2.24) is 5.32 Å². The molecule has 0 aromatic carbocycles. The number of rotatable bonds is 6. The Labute approximate surface area is 113 Å². The molecule has 0 aromatic heterocycles. The van der Waals surface area contributed by atoms with Crippen LogP contribution in [0.15, 0.2) is 0 Å². The van der Waals surface area contributed by atoms with Crippen molar-refractivity contribution in [3.05, 3.63) is 0 Å². The Balaban J connectivity index is 2.73. The van der Waals surface area contributed by atoms with Gasteiger partial charge in [-0.3, -0.25) is 0 Å². The first-order valence-corrected chi connectivity index (χ1v) is 7.36. The fourth-order valence-corrected chi connectivity index (χ4v) is 2.91. The van der Waals surface area contributed by atoms with Crippen LogP contribution in [0.2, 0.25) is 0 Å². The van der Waals surface area contributed by atoms with Crippen molar-refractivity contribution >= 4 is 0 Å². The van der Waals surface area contributed by atoms with Gasteiger partial charge in [-0.05, 0) is 51.5 Å². The number of hydrogen-bond acceptors (Lipinski definition) is 2. The van der Waals surface area contributed by atoms with Crippen LogP contribution in [0.5, 0.6) is 0 Å². The third-order valence-corrected chi connectivity index (χ3v) is 4.29. The minimum Gasteiger partial charge on any atom is -0.377 e. The van der Waals surface area contributed by atoms with Crippen LogP contribution in [0, 0.1) is 17.8 Å². The predicted octanol–water partition coefficient (Wildman–Crippen LogP) is 3.36. The van der Waals surface area contributed by atoms with Crippen LogP contribution in [0.25, 0.3) is 0 Å². The van der Waals surface area contributed by atoms with Crippen LogP contribution < -0.4 is 5.32 Å². The van der Waals surface area contributed by atoms with Gasteiger partial charge in [-0.15, -0.1) is 11.8 Å². The Morgan fingerprint density at radius 1 is 1.39 bits per heavy atom. The predicted molar refractivity (Wildman–Crippen MR) is 77.5 cm³/mol. The highest BCUT2D eigenvalue weighted by molar-refractivity contribution is 5.05. The van der Waals surface area contributed by atoms with E-state index in [1.807, 2.05) is 14.0 Å². The summed E-state index contributed by atoms with van der Waals surface area (Å²) >= 11 is 0. The SMILES string of the molecule is CC#CCC(NCCC)C1(OC)CCC(C)CC1. The zero-order valence-electron chi connectivity index (χ0n) is 12.5. The van der Waals surface area contributed by atoms with Crippen molar-refractivity contribution < 1.29 is 4.74 Å². The van der Waals surface area contributed by atoms with E-state index in [1.54, 1.807) is 0 Å². The van der Waals surface area contributed by atoms with Crippen LogP contribution in [0.4, 0.5) is 0 Å². The Morgan fingerprint density at radius 2 is 2.06 bits per heavy atom. The lowest BCUT2D eigenvalue weighted by molar-refractivity contribution is -0.0734. The monoisotopic (exact) mass is 251 g/mol. The molecule has 1 aliphatic carbocycles. The van der Waals surface area contributed by atoms with E-state index in [0.717, 1.165) is 38.1 Å². The number of ether oxygens (including phenoxy) is 1. The lowest BCUT2D eigenvalue weighted by Gasteiger charge is -2.44. The van der Waals surface area contributed by atoms with Crippen LogP contribution in [0.1, 0.15) is 59.3 Å². The van der Waals surface area contributed by atoms with Crippen molar-refractivity contribution in [2.24, 2.45) is 5.92 Å². The van der Waals surface area contributed by atoms with E-state index in [4.69, 9.17) is 4.74 Å². The summed E-state index contributed by atoms with van der Waals surface area (Å²) in [5, 5.41) is 3.65. The second-order valence-electron chi connectivity index (χ2n) is 5.59. The Morgan fingerprint density at radius 3 is 2.56 bits per heavy atom. The molecule has 0 aromatic rings. The largest absolute Gasteiger partial charge is 0.377 e.